The Morgan fingerprint density at radius 1 is 1.13 bits per heavy atom. The first-order valence-electron chi connectivity index (χ1n) is 7.39. The van der Waals surface area contributed by atoms with Gasteiger partial charge in [-0.1, -0.05) is 0 Å². The predicted molar refractivity (Wildman–Crippen MR) is 95.9 cm³/mol. The minimum Gasteiger partial charge on any atom is -0.387 e. The molecule has 1 aromatic heterocycles. The summed E-state index contributed by atoms with van der Waals surface area (Å²) >= 11 is 3.95. The fraction of sp³-hybridized carbons (Fsp3) is 0.556. The van der Waals surface area contributed by atoms with E-state index in [1.807, 2.05) is 0 Å². The van der Waals surface area contributed by atoms with Gasteiger partial charge in [-0.05, 0) is 0 Å². The van der Waals surface area contributed by atoms with Gasteiger partial charge in [0, 0.05) is 6.20 Å². The number of ether oxygens (including phenoxy) is 1. The molecule has 0 aliphatic carbocycles. The third-order valence-corrected chi connectivity index (χ3v) is 7.54. The van der Waals surface area contributed by atoms with Gasteiger partial charge in [-0.3, -0.25) is 9.09 Å². The third-order valence-electron chi connectivity index (χ3n) is 3.39. The number of phosphoric acid groups is 3. The summed E-state index contributed by atoms with van der Waals surface area (Å²) in [5, 5.41) is 20.1. The smallest absolute Gasteiger partial charge is 0.387 e. The lowest BCUT2D eigenvalue weighted by atomic mass is 10.1. The van der Waals surface area contributed by atoms with Crippen molar-refractivity contribution in [1.29, 1.82) is 0 Å². The van der Waals surface area contributed by atoms with E-state index < -0.39 is 60.3 Å². The average Bonchev–Trinajstić information content (AvgIpc) is 2.81. The van der Waals surface area contributed by atoms with Gasteiger partial charge in [-0.2, -0.15) is 13.6 Å². The number of nitrogens with two attached hydrogens (primary N) is 1. The summed E-state index contributed by atoms with van der Waals surface area (Å²) < 4.78 is 50.8. The number of phosphoric ester groups is 1. The molecule has 8 N–H and O–H groups in total. The number of thiol groups is 1. The van der Waals surface area contributed by atoms with E-state index in [1.54, 1.807) is 0 Å². The van der Waals surface area contributed by atoms with Crippen LogP contribution in [0, 0.1) is 0 Å². The summed E-state index contributed by atoms with van der Waals surface area (Å²) in [6.45, 7) is -1.04. The molecule has 0 spiro atoms. The number of nitrogen functional groups attached to an aromatic ring is 1. The minimum atomic E-state index is -5.73. The molecule has 0 amide bonds. The van der Waals surface area contributed by atoms with Crippen molar-refractivity contribution in [2.75, 3.05) is 12.3 Å². The summed E-state index contributed by atoms with van der Waals surface area (Å²) in [7, 11) is -16.8. The van der Waals surface area contributed by atoms with E-state index in [2.05, 4.69) is 30.8 Å². The highest BCUT2D eigenvalue weighted by atomic mass is 32.1. The second-order valence-corrected chi connectivity index (χ2v) is 10.5. The van der Waals surface area contributed by atoms with Gasteiger partial charge in [-0.25, -0.2) is 18.5 Å². The van der Waals surface area contributed by atoms with Crippen molar-refractivity contribution in [2.45, 2.75) is 29.4 Å². The zero-order chi connectivity index (χ0) is 23.1. The van der Waals surface area contributed by atoms with Gasteiger partial charge in [0.25, 0.3) is 0 Å². The molecule has 1 aliphatic heterocycles. The van der Waals surface area contributed by atoms with Gasteiger partial charge in [0.1, 0.15) is 24.1 Å². The number of hydrogen-bond donors (Lipinski definition) is 8. The summed E-state index contributed by atoms with van der Waals surface area (Å²) in [4.78, 5) is 50.8. The Morgan fingerprint density at radius 2 is 1.73 bits per heavy atom. The molecule has 21 heteroatoms. The van der Waals surface area contributed by atoms with Gasteiger partial charge < -0.3 is 40.3 Å². The van der Waals surface area contributed by atoms with E-state index in [1.165, 1.54) is 0 Å². The van der Waals surface area contributed by atoms with Gasteiger partial charge >= 0.3 is 29.2 Å². The molecular weight excluding hydrogens is 499 g/mol. The maximum atomic E-state index is 11.9. The Hall–Kier alpha value is -0.680. The van der Waals surface area contributed by atoms with Crippen LogP contribution in [0.3, 0.4) is 0 Å². The van der Waals surface area contributed by atoms with Gasteiger partial charge in [0.2, 0.25) is 0 Å². The molecule has 4 unspecified atom stereocenters. The second kappa shape index (κ2) is 9.05. The van der Waals surface area contributed by atoms with Crippen LogP contribution in [0.1, 0.15) is 6.23 Å². The van der Waals surface area contributed by atoms with E-state index in [9.17, 15) is 33.6 Å². The fourth-order valence-corrected chi connectivity index (χ4v) is 5.43. The monoisotopic (exact) mass is 515 g/mol. The molecule has 0 radical (unpaired) electrons. The molecule has 2 heterocycles. The highest BCUT2D eigenvalue weighted by Gasteiger charge is 2.46. The van der Waals surface area contributed by atoms with E-state index in [4.69, 9.17) is 25.2 Å². The Kier molecular flexibility index (Phi) is 7.72. The third kappa shape index (κ3) is 6.66. The number of aliphatic hydroxyl groups is 2. The highest BCUT2D eigenvalue weighted by Crippen LogP contribution is 2.66. The largest absolute Gasteiger partial charge is 0.490 e. The van der Waals surface area contributed by atoms with Crippen molar-refractivity contribution in [3.8, 4) is 0 Å². The van der Waals surface area contributed by atoms with Crippen molar-refractivity contribution in [1.82, 2.24) is 9.55 Å². The predicted octanol–water partition coefficient (Wildman–Crippen LogP) is -1.92. The van der Waals surface area contributed by atoms with Crippen LogP contribution in [0.5, 0.6) is 0 Å². The quantitative estimate of drug-likeness (QED) is 0.138. The summed E-state index contributed by atoms with van der Waals surface area (Å²) in [6.07, 6.45) is -5.59. The molecule has 172 valence electrons. The SMILES string of the molecule is Nc1nc(=O)n([C@@H]2O[C@H](COP(=O)(O)OP(=O)(O)OP(=O)(O)O)C(O)C2O)cc1S. The molecule has 1 fully saturated rings. The first-order chi connectivity index (χ1) is 13.5. The number of nitrogens with zero attached hydrogens (tertiary/aromatic N) is 2. The molecule has 6 atom stereocenters. The van der Waals surface area contributed by atoms with Gasteiger partial charge in [-0.15, -0.1) is 12.6 Å². The minimum absolute atomic E-state index is 0.0385. The van der Waals surface area contributed by atoms with Crippen LogP contribution in [0.2, 0.25) is 0 Å². The highest BCUT2D eigenvalue weighted by molar-refractivity contribution is 7.80. The molecule has 30 heavy (non-hydrogen) atoms. The fourth-order valence-electron chi connectivity index (χ4n) is 2.22. The zero-order valence-corrected chi connectivity index (χ0v) is 17.9. The van der Waals surface area contributed by atoms with E-state index in [0.29, 0.717) is 0 Å². The van der Waals surface area contributed by atoms with Crippen molar-refractivity contribution >= 4 is 41.9 Å². The first kappa shape index (κ1) is 25.6. The lowest BCUT2D eigenvalue weighted by Crippen LogP contribution is -2.36. The van der Waals surface area contributed by atoms with Crippen LogP contribution in [-0.2, 0) is 31.6 Å². The van der Waals surface area contributed by atoms with Crippen LogP contribution in [0.4, 0.5) is 5.82 Å². The van der Waals surface area contributed by atoms with Crippen LogP contribution in [0.25, 0.3) is 0 Å². The van der Waals surface area contributed by atoms with E-state index in [-0.39, 0.29) is 10.7 Å². The molecule has 0 bridgehead atoms. The molecule has 0 aromatic carbocycles. The molecule has 1 saturated heterocycles. The number of anilines is 1. The summed E-state index contributed by atoms with van der Waals surface area (Å²) in [5.74, 6) is -0.211. The number of aliphatic hydroxyl groups excluding tert-OH is 2. The first-order valence-corrected chi connectivity index (χ1v) is 12.4. The number of hydrogen-bond acceptors (Lipinski definition) is 13. The van der Waals surface area contributed by atoms with Crippen molar-refractivity contribution in [3.63, 3.8) is 0 Å². The lowest BCUT2D eigenvalue weighted by Gasteiger charge is -2.19. The van der Waals surface area contributed by atoms with Crippen molar-refractivity contribution < 1.29 is 61.4 Å². The van der Waals surface area contributed by atoms with Gasteiger partial charge in [0.15, 0.2) is 6.23 Å². The Bertz CT molecular complexity index is 997. The normalized spacial score (nSPS) is 28.8. The molecular formula is C9H16N3O14P3S. The van der Waals surface area contributed by atoms with E-state index >= 15 is 0 Å². The Labute approximate surface area is 171 Å². The standard InChI is InChI=1S/C9H16N3O14P3S/c10-7-4(30)1-12(9(15)11-7)8-6(14)5(13)3(24-8)2-23-28(19,20)26-29(21,22)25-27(16,17)18/h1,3,5-6,8,13-14,30H,2H2,(H,19,20)(H,21,22)(H2,10,11,15)(H2,16,17,18)/t3-,5?,6?,8-/m1/s1. The Morgan fingerprint density at radius 3 is 2.30 bits per heavy atom. The summed E-state index contributed by atoms with van der Waals surface area (Å²) in [5.41, 5.74) is 4.44. The number of aromatic nitrogens is 2. The van der Waals surface area contributed by atoms with Crippen molar-refractivity contribution in [3.05, 3.63) is 16.7 Å². The van der Waals surface area contributed by atoms with Crippen LogP contribution < -0.4 is 11.4 Å². The molecule has 2 rings (SSSR count). The number of rotatable bonds is 8. The Balaban J connectivity index is 2.09. The summed E-state index contributed by atoms with van der Waals surface area (Å²) in [6, 6.07) is 0. The molecule has 0 saturated carbocycles. The molecule has 1 aromatic rings. The maximum absolute atomic E-state index is 11.9. The van der Waals surface area contributed by atoms with Crippen molar-refractivity contribution in [2.24, 2.45) is 0 Å². The average molecular weight is 515 g/mol. The molecule has 1 aliphatic rings. The zero-order valence-electron chi connectivity index (χ0n) is 14.3. The van der Waals surface area contributed by atoms with Crippen LogP contribution >= 0.6 is 36.1 Å². The van der Waals surface area contributed by atoms with E-state index in [0.717, 1.165) is 10.8 Å². The lowest BCUT2D eigenvalue weighted by molar-refractivity contribution is -0.0544. The van der Waals surface area contributed by atoms with Crippen LogP contribution in [0.15, 0.2) is 15.9 Å². The second-order valence-electron chi connectivity index (χ2n) is 5.63. The topological polar surface area (TPSA) is 270 Å². The maximum Gasteiger partial charge on any atom is 0.490 e. The molecule has 17 nitrogen and oxygen atoms in total. The van der Waals surface area contributed by atoms with Gasteiger partial charge in [0.05, 0.1) is 11.5 Å². The van der Waals surface area contributed by atoms with Crippen LogP contribution in [-0.4, -0.2) is 64.3 Å².